The van der Waals surface area contributed by atoms with E-state index in [1.165, 1.54) is 4.90 Å². The number of rotatable bonds is 10. The van der Waals surface area contributed by atoms with E-state index in [1.54, 1.807) is 19.1 Å². The van der Waals surface area contributed by atoms with E-state index in [2.05, 4.69) is 5.32 Å². The van der Waals surface area contributed by atoms with Crippen molar-refractivity contribution < 1.29 is 18.0 Å². The second kappa shape index (κ2) is 11.3. The second-order valence-corrected chi connectivity index (χ2v) is 10.8. The van der Waals surface area contributed by atoms with E-state index < -0.39 is 28.5 Å². The van der Waals surface area contributed by atoms with Gasteiger partial charge >= 0.3 is 0 Å². The Morgan fingerprint density at radius 2 is 1.61 bits per heavy atom. The first-order chi connectivity index (χ1) is 15.4. The average molecular weight is 474 g/mol. The van der Waals surface area contributed by atoms with Crippen molar-refractivity contribution in [3.8, 4) is 0 Å². The Kier molecular flexibility index (Phi) is 9.05. The zero-order chi connectivity index (χ0) is 24.8. The Labute approximate surface area is 197 Å². The fourth-order valence-electron chi connectivity index (χ4n) is 3.31. The molecule has 0 aromatic heterocycles. The molecule has 0 aliphatic carbocycles. The molecule has 0 saturated carbocycles. The molecular formula is C25H35N3O4S. The van der Waals surface area contributed by atoms with E-state index in [-0.39, 0.29) is 18.4 Å². The summed E-state index contributed by atoms with van der Waals surface area (Å²) in [5, 5.41) is 2.87. The average Bonchev–Trinajstić information content (AvgIpc) is 2.75. The first-order valence-electron chi connectivity index (χ1n) is 11.1. The maximum atomic E-state index is 13.5. The van der Waals surface area contributed by atoms with Gasteiger partial charge in [0.05, 0.1) is 11.9 Å². The van der Waals surface area contributed by atoms with Gasteiger partial charge in [-0.05, 0) is 55.5 Å². The predicted molar refractivity (Wildman–Crippen MR) is 132 cm³/mol. The largest absolute Gasteiger partial charge is 0.354 e. The Hall–Kier alpha value is -2.87. The summed E-state index contributed by atoms with van der Waals surface area (Å²) in [6.45, 7) is 9.78. The van der Waals surface area contributed by atoms with E-state index in [9.17, 15) is 18.0 Å². The van der Waals surface area contributed by atoms with Gasteiger partial charge in [-0.15, -0.1) is 0 Å². The van der Waals surface area contributed by atoms with E-state index >= 15 is 0 Å². The molecule has 2 amide bonds. The van der Waals surface area contributed by atoms with Gasteiger partial charge in [0.25, 0.3) is 0 Å². The molecule has 0 radical (unpaired) electrons. The van der Waals surface area contributed by atoms with Crippen LogP contribution in [0.15, 0.2) is 48.5 Å². The summed E-state index contributed by atoms with van der Waals surface area (Å²) in [4.78, 5) is 27.7. The lowest BCUT2D eigenvalue weighted by molar-refractivity contribution is -0.139. The lowest BCUT2D eigenvalue weighted by Crippen LogP contribution is -2.51. The highest BCUT2D eigenvalue weighted by Gasteiger charge is 2.30. The lowest BCUT2D eigenvalue weighted by atomic mass is 10.1. The highest BCUT2D eigenvalue weighted by molar-refractivity contribution is 7.92. The van der Waals surface area contributed by atoms with Crippen LogP contribution < -0.4 is 9.62 Å². The van der Waals surface area contributed by atoms with Gasteiger partial charge in [-0.3, -0.25) is 13.9 Å². The third-order valence-corrected chi connectivity index (χ3v) is 6.65. The van der Waals surface area contributed by atoms with E-state index in [1.807, 2.05) is 64.1 Å². The lowest BCUT2D eigenvalue weighted by Gasteiger charge is -2.31. The Morgan fingerprint density at radius 3 is 2.15 bits per heavy atom. The van der Waals surface area contributed by atoms with Crippen LogP contribution in [0.3, 0.4) is 0 Å². The van der Waals surface area contributed by atoms with Crippen molar-refractivity contribution in [1.29, 1.82) is 0 Å². The van der Waals surface area contributed by atoms with Crippen LogP contribution in [0.1, 0.15) is 37.5 Å². The van der Waals surface area contributed by atoms with Gasteiger partial charge in [0, 0.05) is 13.1 Å². The minimum atomic E-state index is -3.73. The molecule has 1 N–H and O–H groups in total. The van der Waals surface area contributed by atoms with Gasteiger partial charge in [-0.25, -0.2) is 8.42 Å². The van der Waals surface area contributed by atoms with Crippen LogP contribution in [0.5, 0.6) is 0 Å². The summed E-state index contributed by atoms with van der Waals surface area (Å²) in [5.74, 6) is -0.454. The molecule has 0 spiro atoms. The SMILES string of the molecule is Cc1ccc(N(CC(=O)N(Cc2ccccc2)[C@@H](C)C(=O)NCC(C)C)S(C)(=O)=O)cc1C. The number of amides is 2. The molecule has 33 heavy (non-hydrogen) atoms. The zero-order valence-corrected chi connectivity index (χ0v) is 21.1. The number of carbonyl (C=O) groups excluding carboxylic acids is 2. The van der Waals surface area contributed by atoms with Gasteiger partial charge in [0.15, 0.2) is 0 Å². The van der Waals surface area contributed by atoms with Gasteiger partial charge in [-0.1, -0.05) is 50.2 Å². The molecule has 180 valence electrons. The van der Waals surface area contributed by atoms with Gasteiger partial charge < -0.3 is 10.2 Å². The number of carbonyl (C=O) groups is 2. The molecule has 0 fully saturated rings. The predicted octanol–water partition coefficient (Wildman–Crippen LogP) is 3.26. The van der Waals surface area contributed by atoms with E-state index in [0.29, 0.717) is 12.2 Å². The van der Waals surface area contributed by atoms with Crippen LogP contribution in [-0.2, 0) is 26.2 Å². The number of benzene rings is 2. The second-order valence-electron chi connectivity index (χ2n) is 8.86. The normalized spacial score (nSPS) is 12.3. The van der Waals surface area contributed by atoms with Crippen molar-refractivity contribution in [3.05, 3.63) is 65.2 Å². The number of aryl methyl sites for hydroxylation is 2. The van der Waals surface area contributed by atoms with Crippen molar-refractivity contribution in [2.75, 3.05) is 23.7 Å². The Balaban J connectivity index is 2.36. The summed E-state index contributed by atoms with van der Waals surface area (Å²) >= 11 is 0. The number of nitrogens with zero attached hydrogens (tertiary/aromatic N) is 2. The molecular weight excluding hydrogens is 438 g/mol. The fraction of sp³-hybridized carbons (Fsp3) is 0.440. The molecule has 1 atom stereocenters. The molecule has 2 aromatic carbocycles. The van der Waals surface area contributed by atoms with E-state index in [0.717, 1.165) is 27.3 Å². The third-order valence-electron chi connectivity index (χ3n) is 5.51. The standard InChI is InChI=1S/C25H35N3O4S/c1-18(2)15-26-25(30)21(5)27(16-22-10-8-7-9-11-22)24(29)17-28(33(6,31)32)23-13-12-19(3)20(4)14-23/h7-14,18,21H,15-17H2,1-6H3,(H,26,30)/t21-/m0/s1. The molecule has 2 rings (SSSR count). The van der Waals surface area contributed by atoms with Crippen molar-refractivity contribution >= 4 is 27.5 Å². The van der Waals surface area contributed by atoms with Crippen molar-refractivity contribution in [1.82, 2.24) is 10.2 Å². The van der Waals surface area contributed by atoms with Crippen LogP contribution >= 0.6 is 0 Å². The topological polar surface area (TPSA) is 86.8 Å². The van der Waals surface area contributed by atoms with Crippen molar-refractivity contribution in [2.24, 2.45) is 5.92 Å². The smallest absolute Gasteiger partial charge is 0.244 e. The first-order valence-corrected chi connectivity index (χ1v) is 12.9. The Bertz CT molecular complexity index is 1070. The molecule has 0 unspecified atom stereocenters. The van der Waals surface area contributed by atoms with Crippen LogP contribution in [0, 0.1) is 19.8 Å². The zero-order valence-electron chi connectivity index (χ0n) is 20.3. The van der Waals surface area contributed by atoms with Gasteiger partial charge in [-0.2, -0.15) is 0 Å². The maximum absolute atomic E-state index is 13.5. The molecule has 0 aliphatic heterocycles. The number of anilines is 1. The van der Waals surface area contributed by atoms with Crippen molar-refractivity contribution in [2.45, 2.75) is 47.2 Å². The highest BCUT2D eigenvalue weighted by Crippen LogP contribution is 2.22. The monoisotopic (exact) mass is 473 g/mol. The quantitative estimate of drug-likeness (QED) is 0.574. The molecule has 7 nitrogen and oxygen atoms in total. The molecule has 0 aliphatic rings. The van der Waals surface area contributed by atoms with Crippen LogP contribution in [-0.4, -0.2) is 50.5 Å². The van der Waals surface area contributed by atoms with Crippen LogP contribution in [0.4, 0.5) is 5.69 Å². The summed E-state index contributed by atoms with van der Waals surface area (Å²) in [5.41, 5.74) is 3.23. The maximum Gasteiger partial charge on any atom is 0.244 e. The molecule has 0 saturated heterocycles. The fourth-order valence-corrected chi connectivity index (χ4v) is 4.15. The molecule has 2 aromatic rings. The minimum absolute atomic E-state index is 0.195. The number of sulfonamides is 1. The molecule has 0 heterocycles. The van der Waals surface area contributed by atoms with Gasteiger partial charge in [0.1, 0.15) is 12.6 Å². The van der Waals surface area contributed by atoms with Crippen LogP contribution in [0.2, 0.25) is 0 Å². The van der Waals surface area contributed by atoms with Gasteiger partial charge in [0.2, 0.25) is 21.8 Å². The summed E-state index contributed by atoms with van der Waals surface area (Å²) in [6, 6.07) is 13.8. The third kappa shape index (κ3) is 7.60. The summed E-state index contributed by atoms with van der Waals surface area (Å²) in [7, 11) is -3.73. The summed E-state index contributed by atoms with van der Waals surface area (Å²) < 4.78 is 26.3. The number of hydrogen-bond donors (Lipinski definition) is 1. The first kappa shape index (κ1) is 26.4. The van der Waals surface area contributed by atoms with E-state index in [4.69, 9.17) is 0 Å². The highest BCUT2D eigenvalue weighted by atomic mass is 32.2. The molecule has 8 heteroatoms. The molecule has 0 bridgehead atoms. The van der Waals surface area contributed by atoms with Crippen molar-refractivity contribution in [3.63, 3.8) is 0 Å². The van der Waals surface area contributed by atoms with Crippen LogP contribution in [0.25, 0.3) is 0 Å². The Morgan fingerprint density at radius 1 is 0.970 bits per heavy atom. The number of hydrogen-bond acceptors (Lipinski definition) is 4. The number of nitrogens with one attached hydrogen (secondary N) is 1. The minimum Gasteiger partial charge on any atom is -0.354 e. The summed E-state index contributed by atoms with van der Waals surface area (Å²) in [6.07, 6.45) is 1.08.